The number of benzene rings is 1. The first kappa shape index (κ1) is 20.3. The maximum absolute atomic E-state index is 12.8. The Bertz CT molecular complexity index is 967. The number of hydrogen-bond donors (Lipinski definition) is 0. The van der Waals surface area contributed by atoms with Crippen LogP contribution in [0.5, 0.6) is 11.5 Å². The van der Waals surface area contributed by atoms with Crippen molar-refractivity contribution < 1.29 is 19.0 Å². The molecule has 0 bridgehead atoms. The van der Waals surface area contributed by atoms with Gasteiger partial charge in [0.05, 0.1) is 25.4 Å². The molecule has 31 heavy (non-hydrogen) atoms. The third-order valence-corrected chi connectivity index (χ3v) is 7.40. The van der Waals surface area contributed by atoms with Crippen LogP contribution in [0.15, 0.2) is 42.7 Å². The number of nitrogens with zero attached hydrogens (tertiary/aromatic N) is 2. The van der Waals surface area contributed by atoms with Gasteiger partial charge in [-0.15, -0.1) is 0 Å². The van der Waals surface area contributed by atoms with Crippen LogP contribution in [0.25, 0.3) is 0 Å². The van der Waals surface area contributed by atoms with Gasteiger partial charge in [0.15, 0.2) is 0 Å². The number of rotatable bonds is 2. The van der Waals surface area contributed by atoms with E-state index in [0.29, 0.717) is 5.56 Å². The van der Waals surface area contributed by atoms with Gasteiger partial charge < -0.3 is 19.1 Å². The number of piperidine rings is 1. The van der Waals surface area contributed by atoms with E-state index in [0.717, 1.165) is 56.0 Å². The summed E-state index contributed by atoms with van der Waals surface area (Å²) < 4.78 is 18.4. The number of methoxy groups -OCH3 is 1. The standard InChI is InChI=1S/C25H30N2O4/c1-24(2)20-14-25(8-11-27(12-9-25)23(28)17-5-4-10-26-15-17)16-30-22(20)19-13-18(29-3)6-7-21(19)31-24/h4-7,10,13,15,20,22H,8-9,11-12,14,16H2,1-3H3/t20-,22+/m0/s1. The molecule has 2 atom stereocenters. The van der Waals surface area contributed by atoms with Crippen LogP contribution in [0.3, 0.4) is 0 Å². The maximum Gasteiger partial charge on any atom is 0.255 e. The molecule has 6 heteroatoms. The lowest BCUT2D eigenvalue weighted by molar-refractivity contribution is -0.173. The molecule has 164 valence electrons. The monoisotopic (exact) mass is 422 g/mol. The number of likely N-dealkylation sites (tertiary alicyclic amines) is 1. The SMILES string of the molecule is COc1ccc2c(c1)[C@H]1OCC3(CCN(C(=O)c4cccnc4)CC3)C[C@@H]1C(C)(C)O2. The molecule has 0 N–H and O–H groups in total. The number of carbonyl (C=O) groups is 1. The summed E-state index contributed by atoms with van der Waals surface area (Å²) in [4.78, 5) is 18.9. The van der Waals surface area contributed by atoms with Crippen molar-refractivity contribution in [1.29, 1.82) is 0 Å². The van der Waals surface area contributed by atoms with Crippen LogP contribution >= 0.6 is 0 Å². The summed E-state index contributed by atoms with van der Waals surface area (Å²) in [5, 5.41) is 0. The summed E-state index contributed by atoms with van der Waals surface area (Å²) >= 11 is 0. The van der Waals surface area contributed by atoms with E-state index in [1.54, 1.807) is 19.5 Å². The summed E-state index contributed by atoms with van der Waals surface area (Å²) in [5.41, 5.74) is 1.51. The molecule has 1 aromatic carbocycles. The van der Waals surface area contributed by atoms with Crippen LogP contribution in [0.4, 0.5) is 0 Å². The Kier molecular flexibility index (Phi) is 4.93. The second-order valence-corrected chi connectivity index (χ2v) is 9.69. The molecule has 6 nitrogen and oxygen atoms in total. The third-order valence-electron chi connectivity index (χ3n) is 7.40. The van der Waals surface area contributed by atoms with Crippen LogP contribution < -0.4 is 9.47 Å². The number of amides is 1. The molecule has 0 unspecified atom stereocenters. The van der Waals surface area contributed by atoms with Crippen molar-refractivity contribution in [3.8, 4) is 11.5 Å². The molecule has 0 saturated carbocycles. The van der Waals surface area contributed by atoms with E-state index >= 15 is 0 Å². The first-order chi connectivity index (χ1) is 14.9. The quantitative estimate of drug-likeness (QED) is 0.724. The second kappa shape index (κ2) is 7.52. The zero-order chi connectivity index (χ0) is 21.6. The van der Waals surface area contributed by atoms with E-state index < -0.39 is 0 Å². The lowest BCUT2D eigenvalue weighted by atomic mass is 9.64. The molecule has 5 rings (SSSR count). The Morgan fingerprint density at radius 1 is 1.23 bits per heavy atom. The molecular weight excluding hydrogens is 392 g/mol. The van der Waals surface area contributed by atoms with Gasteiger partial charge >= 0.3 is 0 Å². The molecule has 1 aromatic heterocycles. The average Bonchev–Trinajstić information content (AvgIpc) is 2.79. The van der Waals surface area contributed by atoms with E-state index in [4.69, 9.17) is 14.2 Å². The number of fused-ring (bicyclic) bond motifs is 3. The minimum absolute atomic E-state index is 0.00882. The molecule has 4 heterocycles. The number of aromatic nitrogens is 1. The highest BCUT2D eigenvalue weighted by Gasteiger charge is 2.53. The zero-order valence-electron chi connectivity index (χ0n) is 18.5. The van der Waals surface area contributed by atoms with Crippen LogP contribution in [0.2, 0.25) is 0 Å². The van der Waals surface area contributed by atoms with E-state index in [1.165, 1.54) is 0 Å². The van der Waals surface area contributed by atoms with Gasteiger partial charge in [-0.2, -0.15) is 0 Å². The highest BCUT2D eigenvalue weighted by molar-refractivity contribution is 5.93. The lowest BCUT2D eigenvalue weighted by Gasteiger charge is -2.54. The highest BCUT2D eigenvalue weighted by atomic mass is 16.5. The van der Waals surface area contributed by atoms with E-state index in [-0.39, 0.29) is 28.9 Å². The zero-order valence-corrected chi connectivity index (χ0v) is 18.5. The molecule has 3 aliphatic heterocycles. The molecular formula is C25H30N2O4. The first-order valence-corrected chi connectivity index (χ1v) is 11.1. The van der Waals surface area contributed by atoms with Gasteiger partial charge in [0.2, 0.25) is 0 Å². The summed E-state index contributed by atoms with van der Waals surface area (Å²) in [6.45, 7) is 6.55. The van der Waals surface area contributed by atoms with Crippen LogP contribution in [-0.4, -0.2) is 48.2 Å². The Labute approximate surface area is 183 Å². The molecule has 3 aliphatic rings. The van der Waals surface area contributed by atoms with Gasteiger partial charge in [0.1, 0.15) is 17.1 Å². The van der Waals surface area contributed by atoms with Crippen LogP contribution in [0, 0.1) is 11.3 Å². The van der Waals surface area contributed by atoms with Gasteiger partial charge in [-0.3, -0.25) is 9.78 Å². The fourth-order valence-corrected chi connectivity index (χ4v) is 5.46. The van der Waals surface area contributed by atoms with E-state index in [1.807, 2.05) is 29.2 Å². The normalized spacial score (nSPS) is 25.8. The molecule has 1 spiro atoms. The Morgan fingerprint density at radius 2 is 2.03 bits per heavy atom. The lowest BCUT2D eigenvalue weighted by Crippen LogP contribution is -2.54. The summed E-state index contributed by atoms with van der Waals surface area (Å²) in [7, 11) is 1.68. The summed E-state index contributed by atoms with van der Waals surface area (Å²) in [6.07, 6.45) is 6.28. The Hall–Kier alpha value is -2.60. The van der Waals surface area contributed by atoms with Crippen molar-refractivity contribution in [2.24, 2.45) is 11.3 Å². The van der Waals surface area contributed by atoms with E-state index in [9.17, 15) is 4.79 Å². The number of ether oxygens (including phenoxy) is 3. The largest absolute Gasteiger partial charge is 0.497 e. The summed E-state index contributed by atoms with van der Waals surface area (Å²) in [5.74, 6) is 2.04. The fourth-order valence-electron chi connectivity index (χ4n) is 5.46. The van der Waals surface area contributed by atoms with Crippen molar-refractivity contribution >= 4 is 5.91 Å². The number of hydrogen-bond acceptors (Lipinski definition) is 5. The third kappa shape index (κ3) is 3.57. The van der Waals surface area contributed by atoms with Gasteiger partial charge in [0.25, 0.3) is 5.91 Å². The Morgan fingerprint density at radius 3 is 2.74 bits per heavy atom. The predicted molar refractivity (Wildman–Crippen MR) is 116 cm³/mol. The van der Waals surface area contributed by atoms with Crippen LogP contribution in [0.1, 0.15) is 55.1 Å². The van der Waals surface area contributed by atoms with Crippen molar-refractivity contribution in [1.82, 2.24) is 9.88 Å². The van der Waals surface area contributed by atoms with Crippen LogP contribution in [-0.2, 0) is 4.74 Å². The van der Waals surface area contributed by atoms with Crippen molar-refractivity contribution in [3.63, 3.8) is 0 Å². The van der Waals surface area contributed by atoms with Crippen molar-refractivity contribution in [2.75, 3.05) is 26.8 Å². The molecule has 1 amide bonds. The molecule has 2 saturated heterocycles. The number of pyridine rings is 1. The summed E-state index contributed by atoms with van der Waals surface area (Å²) in [6, 6.07) is 9.62. The second-order valence-electron chi connectivity index (χ2n) is 9.69. The minimum Gasteiger partial charge on any atom is -0.497 e. The van der Waals surface area contributed by atoms with Crippen molar-refractivity contribution in [2.45, 2.75) is 44.8 Å². The number of carbonyl (C=O) groups excluding carboxylic acids is 1. The van der Waals surface area contributed by atoms with Crippen molar-refractivity contribution in [3.05, 3.63) is 53.9 Å². The molecule has 2 aromatic rings. The smallest absolute Gasteiger partial charge is 0.255 e. The fraction of sp³-hybridized carbons (Fsp3) is 0.520. The Balaban J connectivity index is 1.33. The molecule has 0 radical (unpaired) electrons. The predicted octanol–water partition coefficient (Wildman–Crippen LogP) is 4.26. The van der Waals surface area contributed by atoms with E-state index in [2.05, 4.69) is 24.9 Å². The first-order valence-electron chi connectivity index (χ1n) is 11.1. The average molecular weight is 423 g/mol. The van der Waals surface area contributed by atoms with Gasteiger partial charge in [-0.05, 0) is 68.9 Å². The minimum atomic E-state index is -0.317. The maximum atomic E-state index is 12.8. The van der Waals surface area contributed by atoms with Gasteiger partial charge in [-0.1, -0.05) is 0 Å². The topological polar surface area (TPSA) is 60.9 Å². The molecule has 2 fully saturated rings. The van der Waals surface area contributed by atoms with Gasteiger partial charge in [-0.25, -0.2) is 0 Å². The molecule has 0 aliphatic carbocycles. The highest BCUT2D eigenvalue weighted by Crippen LogP contribution is 2.55. The van der Waals surface area contributed by atoms with Gasteiger partial charge in [0, 0.05) is 37.0 Å².